The highest BCUT2D eigenvalue weighted by Crippen LogP contribution is 2.55. The second-order valence-electron chi connectivity index (χ2n) is 9.37. The van der Waals surface area contributed by atoms with Crippen molar-refractivity contribution in [3.8, 4) is 0 Å². The van der Waals surface area contributed by atoms with E-state index in [4.69, 9.17) is 14.6 Å². The molecular formula is C24H31N3O4. The van der Waals surface area contributed by atoms with Crippen LogP contribution in [-0.4, -0.2) is 77.7 Å². The normalized spacial score (nSPS) is 28.5. The number of pyridine rings is 1. The van der Waals surface area contributed by atoms with Crippen LogP contribution in [-0.2, 0) is 9.53 Å². The van der Waals surface area contributed by atoms with E-state index in [1.807, 2.05) is 30.0 Å². The lowest BCUT2D eigenvalue weighted by Crippen LogP contribution is -2.40. The molecule has 1 aromatic carbocycles. The molecule has 3 aliphatic rings. The van der Waals surface area contributed by atoms with Crippen molar-refractivity contribution in [3.63, 3.8) is 0 Å². The number of aryl methyl sites for hydroxylation is 2. The number of carbonyl (C=O) groups is 2. The molecule has 0 aliphatic carbocycles. The molecule has 1 amide bonds. The molecule has 2 bridgehead atoms. The number of carbonyl (C=O) groups excluding carboxylic acids is 1. The molecule has 7 nitrogen and oxygen atoms in total. The fourth-order valence-corrected chi connectivity index (χ4v) is 5.88. The summed E-state index contributed by atoms with van der Waals surface area (Å²) in [7, 11) is 4.26. The minimum Gasteiger partial charge on any atom is -0.483 e. The predicted octanol–water partition coefficient (Wildman–Crippen LogP) is 2.73. The number of benzene rings is 1. The number of ether oxygens (including phenoxy) is 1. The van der Waals surface area contributed by atoms with Gasteiger partial charge in [-0.2, -0.15) is 0 Å². The summed E-state index contributed by atoms with van der Waals surface area (Å²) in [6.07, 6.45) is 2.59. The van der Waals surface area contributed by atoms with Crippen LogP contribution >= 0.6 is 0 Å². The van der Waals surface area contributed by atoms with E-state index in [1.54, 1.807) is 0 Å². The van der Waals surface area contributed by atoms with Gasteiger partial charge < -0.3 is 19.6 Å². The van der Waals surface area contributed by atoms with E-state index in [-0.39, 0.29) is 18.0 Å². The second kappa shape index (κ2) is 8.20. The third-order valence-corrected chi connectivity index (χ3v) is 7.05. The van der Waals surface area contributed by atoms with Crippen LogP contribution in [0.15, 0.2) is 24.3 Å². The monoisotopic (exact) mass is 425 g/mol. The van der Waals surface area contributed by atoms with Crippen molar-refractivity contribution in [3.05, 3.63) is 41.1 Å². The summed E-state index contributed by atoms with van der Waals surface area (Å²) >= 11 is 0. The Bertz CT molecular complexity index is 1010. The number of amides is 1. The first kappa shape index (κ1) is 21.7. The Morgan fingerprint density at radius 3 is 2.84 bits per heavy atom. The van der Waals surface area contributed by atoms with Crippen LogP contribution in [0, 0.1) is 25.7 Å². The van der Waals surface area contributed by atoms with Crippen LogP contribution in [0.2, 0.25) is 0 Å². The molecule has 7 heteroatoms. The Morgan fingerprint density at radius 1 is 1.39 bits per heavy atom. The summed E-state index contributed by atoms with van der Waals surface area (Å²) in [5.74, 6) is 1.11. The molecular weight excluding hydrogens is 394 g/mol. The maximum atomic E-state index is 13.6. The molecule has 31 heavy (non-hydrogen) atoms. The quantitative estimate of drug-likeness (QED) is 0.762. The van der Waals surface area contributed by atoms with Crippen LogP contribution in [0.4, 0.5) is 0 Å². The van der Waals surface area contributed by atoms with Gasteiger partial charge in [0, 0.05) is 36.0 Å². The van der Waals surface area contributed by atoms with Crippen LogP contribution in [0.5, 0.6) is 0 Å². The minimum atomic E-state index is -0.250. The minimum absolute atomic E-state index is 0.116. The summed E-state index contributed by atoms with van der Waals surface area (Å²) in [5.41, 5.74) is 3.60. The summed E-state index contributed by atoms with van der Waals surface area (Å²) in [4.78, 5) is 30.9. The van der Waals surface area contributed by atoms with Crippen molar-refractivity contribution >= 4 is 23.3 Å². The van der Waals surface area contributed by atoms with E-state index in [0.717, 1.165) is 60.2 Å². The molecule has 4 heterocycles. The Balaban J connectivity index is 0.000000730. The van der Waals surface area contributed by atoms with Crippen LogP contribution in [0.3, 0.4) is 0 Å². The molecule has 5 rings (SSSR count). The van der Waals surface area contributed by atoms with Gasteiger partial charge in [-0.3, -0.25) is 14.6 Å². The number of rotatable bonds is 3. The molecule has 3 saturated heterocycles. The number of hydrogen-bond acceptors (Lipinski definition) is 5. The van der Waals surface area contributed by atoms with Gasteiger partial charge in [-0.15, -0.1) is 0 Å². The van der Waals surface area contributed by atoms with Crippen molar-refractivity contribution < 1.29 is 19.4 Å². The smallest absolute Gasteiger partial charge is 0.290 e. The largest absolute Gasteiger partial charge is 0.483 e. The predicted molar refractivity (Wildman–Crippen MR) is 118 cm³/mol. The maximum absolute atomic E-state index is 13.6. The number of hydrogen-bond donors (Lipinski definition) is 1. The SMILES string of the molecule is Cc1cc(C(=O)N2C[C@@H]3[C@H](CN(C)C)[C@H]4CC[C@]3(C2)O4)c2cccc(C)c2n1.O=CO. The van der Waals surface area contributed by atoms with Crippen LogP contribution in [0.25, 0.3) is 10.9 Å². The summed E-state index contributed by atoms with van der Waals surface area (Å²) < 4.78 is 6.51. The molecule has 166 valence electrons. The zero-order valence-electron chi connectivity index (χ0n) is 18.7. The van der Waals surface area contributed by atoms with Gasteiger partial charge in [0.25, 0.3) is 12.4 Å². The van der Waals surface area contributed by atoms with Crippen molar-refractivity contribution in [2.45, 2.75) is 38.4 Å². The standard InChI is InChI=1S/C23H29N3O2.CH2O2/c1-14-6-5-7-16-17(10-15(2)24-21(14)16)22(27)26-12-19-18(11-25(3)4)20-8-9-23(19,13-26)28-20;2-1-3/h5-7,10,18-20H,8-9,11-13H2,1-4H3;1H,(H,2,3)/t18-,19+,20+,23+;/m0./s1. The number of fused-ring (bicyclic) bond motifs is 2. The topological polar surface area (TPSA) is 83.0 Å². The second-order valence-corrected chi connectivity index (χ2v) is 9.37. The number of para-hydroxylation sites is 1. The van der Waals surface area contributed by atoms with Gasteiger partial charge in [0.2, 0.25) is 0 Å². The van der Waals surface area contributed by atoms with Crippen molar-refractivity contribution in [1.82, 2.24) is 14.8 Å². The molecule has 0 unspecified atom stereocenters. The van der Waals surface area contributed by atoms with E-state index in [0.29, 0.717) is 17.9 Å². The number of likely N-dealkylation sites (tertiary alicyclic amines) is 1. The molecule has 2 aromatic rings. The lowest BCUT2D eigenvalue weighted by molar-refractivity contribution is -0.122. The third kappa shape index (κ3) is 3.70. The Kier molecular flexibility index (Phi) is 5.75. The molecule has 0 saturated carbocycles. The van der Waals surface area contributed by atoms with Crippen LogP contribution in [0.1, 0.15) is 34.5 Å². The molecule has 1 aromatic heterocycles. The number of nitrogens with zero attached hydrogens (tertiary/aromatic N) is 3. The highest BCUT2D eigenvalue weighted by Gasteiger charge is 2.63. The van der Waals surface area contributed by atoms with Gasteiger partial charge >= 0.3 is 0 Å². The van der Waals surface area contributed by atoms with Gasteiger partial charge in [0.15, 0.2) is 0 Å². The number of aromatic nitrogens is 1. The van der Waals surface area contributed by atoms with E-state index < -0.39 is 0 Å². The zero-order chi connectivity index (χ0) is 22.3. The molecule has 1 spiro atoms. The van der Waals surface area contributed by atoms with Gasteiger partial charge in [-0.1, -0.05) is 18.2 Å². The van der Waals surface area contributed by atoms with Crippen molar-refractivity contribution in [2.24, 2.45) is 11.8 Å². The molecule has 4 atom stereocenters. The summed E-state index contributed by atoms with van der Waals surface area (Å²) in [5, 5.41) is 7.85. The Hall–Kier alpha value is -2.51. The average molecular weight is 426 g/mol. The first-order chi connectivity index (χ1) is 14.8. The first-order valence-electron chi connectivity index (χ1n) is 10.9. The average Bonchev–Trinajstić information content (AvgIpc) is 3.38. The van der Waals surface area contributed by atoms with Crippen molar-refractivity contribution in [1.29, 1.82) is 0 Å². The maximum Gasteiger partial charge on any atom is 0.290 e. The van der Waals surface area contributed by atoms with Crippen molar-refractivity contribution in [2.75, 3.05) is 33.7 Å². The summed E-state index contributed by atoms with van der Waals surface area (Å²) in [6, 6.07) is 8.04. The highest BCUT2D eigenvalue weighted by atomic mass is 16.5. The van der Waals surface area contributed by atoms with Crippen LogP contribution < -0.4 is 0 Å². The van der Waals surface area contributed by atoms with E-state index in [2.05, 4.69) is 37.0 Å². The van der Waals surface area contributed by atoms with E-state index in [9.17, 15) is 4.79 Å². The van der Waals surface area contributed by atoms with Gasteiger partial charge in [-0.25, -0.2) is 0 Å². The fraction of sp³-hybridized carbons (Fsp3) is 0.542. The molecule has 0 radical (unpaired) electrons. The zero-order valence-corrected chi connectivity index (χ0v) is 18.7. The Labute approximate surface area is 183 Å². The Morgan fingerprint density at radius 2 is 2.13 bits per heavy atom. The highest BCUT2D eigenvalue weighted by molar-refractivity contribution is 6.07. The van der Waals surface area contributed by atoms with Gasteiger partial charge in [0.05, 0.1) is 29.3 Å². The summed E-state index contributed by atoms with van der Waals surface area (Å²) in [6.45, 7) is 6.35. The van der Waals surface area contributed by atoms with E-state index in [1.165, 1.54) is 0 Å². The fourth-order valence-electron chi connectivity index (χ4n) is 5.88. The lowest BCUT2D eigenvalue weighted by atomic mass is 9.73. The molecule has 1 N–H and O–H groups in total. The third-order valence-electron chi connectivity index (χ3n) is 7.05. The molecule has 3 aliphatic heterocycles. The number of carboxylic acid groups (broad SMARTS) is 1. The van der Waals surface area contributed by atoms with Gasteiger partial charge in [0.1, 0.15) is 0 Å². The molecule has 3 fully saturated rings. The van der Waals surface area contributed by atoms with E-state index >= 15 is 0 Å². The first-order valence-corrected chi connectivity index (χ1v) is 10.9. The lowest BCUT2D eigenvalue weighted by Gasteiger charge is -2.30. The van der Waals surface area contributed by atoms with Gasteiger partial charge in [-0.05, 0) is 52.4 Å².